The van der Waals surface area contributed by atoms with Crippen LogP contribution < -0.4 is 4.74 Å². The largest absolute Gasteiger partial charge is 0.476 e. The maximum absolute atomic E-state index is 12.8. The molecule has 0 saturated carbocycles. The number of nitrogens with zero attached hydrogens (tertiary/aromatic N) is 2. The van der Waals surface area contributed by atoms with Crippen LogP contribution >= 0.6 is 11.6 Å². The summed E-state index contributed by atoms with van der Waals surface area (Å²) in [6, 6.07) is 3.20. The number of fused-ring (bicyclic) bond motifs is 1. The van der Waals surface area contributed by atoms with Crippen molar-refractivity contribution in [3.63, 3.8) is 0 Å². The minimum absolute atomic E-state index is 0.186. The zero-order chi connectivity index (χ0) is 17.5. The van der Waals surface area contributed by atoms with E-state index < -0.39 is 12.3 Å². The zero-order valence-electron chi connectivity index (χ0n) is 13.1. The van der Waals surface area contributed by atoms with Gasteiger partial charge < -0.3 is 9.30 Å². The normalized spacial score (nSPS) is 17.0. The molecule has 1 unspecified atom stereocenters. The van der Waals surface area contributed by atoms with Gasteiger partial charge in [-0.15, -0.1) is 0 Å². The Labute approximate surface area is 142 Å². The lowest BCUT2D eigenvalue weighted by molar-refractivity contribution is -0.180. The van der Waals surface area contributed by atoms with Gasteiger partial charge in [0.15, 0.2) is 0 Å². The van der Waals surface area contributed by atoms with Crippen molar-refractivity contribution in [1.82, 2.24) is 9.55 Å². The van der Waals surface area contributed by atoms with Crippen LogP contribution in [-0.4, -0.2) is 21.8 Å². The fraction of sp³-hybridized carbons (Fsp3) is 0.353. The Morgan fingerprint density at radius 1 is 1.33 bits per heavy atom. The summed E-state index contributed by atoms with van der Waals surface area (Å²) in [6.45, 7) is 4.47. The summed E-state index contributed by atoms with van der Waals surface area (Å²) in [7, 11) is 0. The second kappa shape index (κ2) is 6.16. The van der Waals surface area contributed by atoms with E-state index in [1.807, 2.05) is 24.6 Å². The van der Waals surface area contributed by atoms with Gasteiger partial charge in [0.05, 0.1) is 6.54 Å². The summed E-state index contributed by atoms with van der Waals surface area (Å²) in [6.07, 6.45) is -0.471. The van der Waals surface area contributed by atoms with Crippen LogP contribution in [0.15, 0.2) is 30.6 Å². The van der Waals surface area contributed by atoms with Crippen LogP contribution in [0.2, 0.25) is 5.02 Å². The predicted molar refractivity (Wildman–Crippen MR) is 86.4 cm³/mol. The van der Waals surface area contributed by atoms with Gasteiger partial charge in [-0.2, -0.15) is 13.2 Å². The first kappa shape index (κ1) is 16.9. The number of alkyl halides is 3. The molecule has 3 rings (SSSR count). The highest BCUT2D eigenvalue weighted by molar-refractivity contribution is 6.31. The van der Waals surface area contributed by atoms with Crippen LogP contribution in [0.25, 0.3) is 6.08 Å². The quantitative estimate of drug-likeness (QED) is 0.770. The lowest BCUT2D eigenvalue weighted by Crippen LogP contribution is -2.33. The van der Waals surface area contributed by atoms with Crippen molar-refractivity contribution in [2.75, 3.05) is 0 Å². The summed E-state index contributed by atoms with van der Waals surface area (Å²) < 4.78 is 45.6. The Morgan fingerprint density at radius 2 is 2.08 bits per heavy atom. The molecule has 1 aliphatic heterocycles. The van der Waals surface area contributed by atoms with E-state index in [1.54, 1.807) is 18.3 Å². The fourth-order valence-electron chi connectivity index (χ4n) is 2.65. The molecule has 0 radical (unpaired) electrons. The fourth-order valence-corrected chi connectivity index (χ4v) is 2.88. The number of hydrogen-bond donors (Lipinski definition) is 0. The molecule has 0 fully saturated rings. The SMILES string of the molecule is CC(C)c1nccn1Cc1cc2c(cc1Cl)C=CC(C(F)(F)F)O2. The third kappa shape index (κ3) is 3.29. The molecule has 7 heteroatoms. The summed E-state index contributed by atoms with van der Waals surface area (Å²) in [5.74, 6) is 1.30. The van der Waals surface area contributed by atoms with E-state index in [9.17, 15) is 13.2 Å². The summed E-state index contributed by atoms with van der Waals surface area (Å²) in [5.41, 5.74) is 1.23. The molecule has 1 aromatic heterocycles. The van der Waals surface area contributed by atoms with Crippen LogP contribution in [0.1, 0.15) is 36.7 Å². The van der Waals surface area contributed by atoms with Gasteiger partial charge in [-0.25, -0.2) is 4.98 Å². The van der Waals surface area contributed by atoms with Gasteiger partial charge in [-0.3, -0.25) is 0 Å². The van der Waals surface area contributed by atoms with Crippen molar-refractivity contribution in [2.45, 2.75) is 38.6 Å². The molecular weight excluding hydrogens is 341 g/mol. The highest BCUT2D eigenvalue weighted by Crippen LogP contribution is 2.36. The molecular formula is C17H16ClF3N2O. The number of halogens is 4. The first-order valence-electron chi connectivity index (χ1n) is 7.50. The molecule has 0 spiro atoms. The Bertz CT molecular complexity index is 781. The van der Waals surface area contributed by atoms with E-state index >= 15 is 0 Å². The Hall–Kier alpha value is -1.95. The summed E-state index contributed by atoms with van der Waals surface area (Å²) >= 11 is 6.29. The number of aromatic nitrogens is 2. The van der Waals surface area contributed by atoms with Gasteiger partial charge in [-0.1, -0.05) is 31.5 Å². The minimum atomic E-state index is -4.44. The van der Waals surface area contributed by atoms with Crippen LogP contribution in [0, 0.1) is 0 Å². The highest BCUT2D eigenvalue weighted by atomic mass is 35.5. The summed E-state index contributed by atoms with van der Waals surface area (Å²) in [4.78, 5) is 4.30. The molecule has 0 saturated heterocycles. The monoisotopic (exact) mass is 356 g/mol. The average molecular weight is 357 g/mol. The van der Waals surface area contributed by atoms with E-state index in [2.05, 4.69) is 4.98 Å². The lowest BCUT2D eigenvalue weighted by Gasteiger charge is -2.24. The van der Waals surface area contributed by atoms with Crippen LogP contribution in [0.5, 0.6) is 5.75 Å². The van der Waals surface area contributed by atoms with Gasteiger partial charge >= 0.3 is 6.18 Å². The van der Waals surface area contributed by atoms with E-state index in [0.717, 1.165) is 11.9 Å². The van der Waals surface area contributed by atoms with Gasteiger partial charge in [-0.05, 0) is 23.8 Å². The van der Waals surface area contributed by atoms with Crippen LogP contribution in [0.3, 0.4) is 0 Å². The molecule has 0 bridgehead atoms. The molecule has 0 aliphatic carbocycles. The first-order valence-corrected chi connectivity index (χ1v) is 7.88. The van der Waals surface area contributed by atoms with Gasteiger partial charge in [0.25, 0.3) is 0 Å². The molecule has 24 heavy (non-hydrogen) atoms. The number of benzene rings is 1. The molecule has 2 heterocycles. The molecule has 0 amide bonds. The van der Waals surface area contributed by atoms with Gasteiger partial charge in [0.2, 0.25) is 6.10 Å². The summed E-state index contributed by atoms with van der Waals surface area (Å²) in [5, 5.41) is 0.482. The molecule has 2 aromatic rings. The third-order valence-electron chi connectivity index (χ3n) is 3.81. The Balaban J connectivity index is 1.92. The van der Waals surface area contributed by atoms with E-state index in [1.165, 1.54) is 6.08 Å². The van der Waals surface area contributed by atoms with Crippen LogP contribution in [-0.2, 0) is 6.54 Å². The average Bonchev–Trinajstić information content (AvgIpc) is 2.95. The van der Waals surface area contributed by atoms with E-state index in [-0.39, 0.29) is 11.7 Å². The minimum Gasteiger partial charge on any atom is -0.476 e. The number of hydrogen-bond acceptors (Lipinski definition) is 2. The predicted octanol–water partition coefficient (Wildman–Crippen LogP) is 5.04. The Kier molecular flexibility index (Phi) is 4.34. The molecule has 3 nitrogen and oxygen atoms in total. The molecule has 1 aliphatic rings. The van der Waals surface area contributed by atoms with Crippen molar-refractivity contribution in [1.29, 1.82) is 0 Å². The Morgan fingerprint density at radius 3 is 2.75 bits per heavy atom. The standard InChI is InChI=1S/C17H16ClF3N2O/c1-10(2)16-22-5-6-23(16)9-12-8-14-11(7-13(12)18)3-4-15(24-14)17(19,20)21/h3-8,10,15H,9H2,1-2H3. The highest BCUT2D eigenvalue weighted by Gasteiger charge is 2.41. The zero-order valence-corrected chi connectivity index (χ0v) is 13.9. The van der Waals surface area contributed by atoms with Crippen molar-refractivity contribution >= 4 is 17.7 Å². The maximum Gasteiger partial charge on any atom is 0.429 e. The van der Waals surface area contributed by atoms with Crippen LogP contribution in [0.4, 0.5) is 13.2 Å². The second-order valence-electron chi connectivity index (χ2n) is 5.99. The molecule has 0 N–H and O–H groups in total. The van der Waals surface area contributed by atoms with Crippen molar-refractivity contribution in [3.05, 3.63) is 52.6 Å². The van der Waals surface area contributed by atoms with Gasteiger partial charge in [0, 0.05) is 28.9 Å². The molecule has 1 atom stereocenters. The van der Waals surface area contributed by atoms with Gasteiger partial charge in [0.1, 0.15) is 11.6 Å². The number of imidazole rings is 1. The smallest absolute Gasteiger partial charge is 0.429 e. The number of rotatable bonds is 3. The number of ether oxygens (including phenoxy) is 1. The maximum atomic E-state index is 12.8. The second-order valence-corrected chi connectivity index (χ2v) is 6.40. The van der Waals surface area contributed by atoms with Crippen molar-refractivity contribution in [2.24, 2.45) is 0 Å². The van der Waals surface area contributed by atoms with Crippen molar-refractivity contribution in [3.8, 4) is 5.75 Å². The molecule has 128 valence electrons. The lowest BCUT2D eigenvalue weighted by atomic mass is 10.1. The first-order chi connectivity index (χ1) is 11.3. The topological polar surface area (TPSA) is 27.1 Å². The third-order valence-corrected chi connectivity index (χ3v) is 4.16. The van der Waals surface area contributed by atoms with Crippen molar-refractivity contribution < 1.29 is 17.9 Å². The molecule has 1 aromatic carbocycles. The van der Waals surface area contributed by atoms with E-state index in [4.69, 9.17) is 16.3 Å². The van der Waals surface area contributed by atoms with E-state index in [0.29, 0.717) is 22.7 Å².